The number of ether oxygens (including phenoxy) is 2. The summed E-state index contributed by atoms with van der Waals surface area (Å²) in [7, 11) is 0. The van der Waals surface area contributed by atoms with Crippen molar-refractivity contribution < 1.29 is 28.7 Å². The number of hydrogen-bond acceptors (Lipinski definition) is 6. The topological polar surface area (TPSA) is 117 Å². The summed E-state index contributed by atoms with van der Waals surface area (Å²) in [6, 6.07) is 11.0. The highest BCUT2D eigenvalue weighted by Gasteiger charge is 2.49. The number of carbonyl (C=O) groups excluding carboxylic acids is 4. The zero-order chi connectivity index (χ0) is 25.9. The Morgan fingerprint density at radius 1 is 1.06 bits per heavy atom. The van der Waals surface area contributed by atoms with Crippen LogP contribution < -0.4 is 20.1 Å². The van der Waals surface area contributed by atoms with Crippen LogP contribution in [0.1, 0.15) is 43.1 Å². The number of carbonyl (C=O) groups is 4. The summed E-state index contributed by atoms with van der Waals surface area (Å²) < 4.78 is 11.4. The highest BCUT2D eigenvalue weighted by Crippen LogP contribution is 2.36. The number of rotatable bonds is 7. The Labute approximate surface area is 209 Å². The zero-order valence-corrected chi connectivity index (χ0v) is 20.6. The summed E-state index contributed by atoms with van der Waals surface area (Å²) in [5, 5.41) is 5.37. The number of nitrogens with zero attached hydrogens (tertiary/aromatic N) is 2. The molecular formula is C26H30N4O6. The van der Waals surface area contributed by atoms with Gasteiger partial charge < -0.3 is 25.0 Å². The van der Waals surface area contributed by atoms with Crippen LogP contribution in [0.5, 0.6) is 11.5 Å². The molecule has 10 nitrogen and oxygen atoms in total. The molecule has 2 aromatic carbocycles. The van der Waals surface area contributed by atoms with Gasteiger partial charge in [0.2, 0.25) is 5.91 Å². The van der Waals surface area contributed by atoms with Gasteiger partial charge in [-0.1, -0.05) is 12.1 Å². The van der Waals surface area contributed by atoms with E-state index in [9.17, 15) is 19.2 Å². The van der Waals surface area contributed by atoms with Crippen molar-refractivity contribution in [3.05, 3.63) is 53.6 Å². The van der Waals surface area contributed by atoms with Crippen LogP contribution in [0.15, 0.2) is 42.5 Å². The maximum Gasteiger partial charge on any atom is 0.325 e. The van der Waals surface area contributed by atoms with Crippen molar-refractivity contribution in [3.8, 4) is 11.5 Å². The van der Waals surface area contributed by atoms with Crippen molar-refractivity contribution in [1.82, 2.24) is 15.1 Å². The van der Waals surface area contributed by atoms with Gasteiger partial charge in [0.05, 0.1) is 13.2 Å². The van der Waals surface area contributed by atoms with Gasteiger partial charge in [0, 0.05) is 30.8 Å². The van der Waals surface area contributed by atoms with E-state index in [0.717, 1.165) is 11.3 Å². The van der Waals surface area contributed by atoms with E-state index in [1.807, 2.05) is 13.8 Å². The second-order valence-electron chi connectivity index (χ2n) is 8.76. The standard InChI is InChI=1S/C26H30N4O6/c1-4-29(5-2)23(32)17-8-6-9-19(14-17)27-22(31)16-30-24(33)26(3,28-25(30)34)18-10-11-20-21(15-18)36-13-7-12-35-20/h6,8-11,14-15H,4-5,7,12-13,16H2,1-3H3,(H,27,31)(H,28,34). The molecule has 2 aliphatic rings. The van der Waals surface area contributed by atoms with E-state index in [1.54, 1.807) is 54.3 Å². The smallest absolute Gasteiger partial charge is 0.325 e. The van der Waals surface area contributed by atoms with Gasteiger partial charge in [-0.15, -0.1) is 0 Å². The molecule has 10 heteroatoms. The molecule has 0 saturated carbocycles. The lowest BCUT2D eigenvalue weighted by Crippen LogP contribution is -2.42. The predicted octanol–water partition coefficient (Wildman–Crippen LogP) is 2.74. The molecule has 1 atom stereocenters. The number of imide groups is 1. The zero-order valence-electron chi connectivity index (χ0n) is 20.6. The molecule has 2 N–H and O–H groups in total. The number of nitrogens with one attached hydrogen (secondary N) is 2. The van der Waals surface area contributed by atoms with E-state index in [2.05, 4.69) is 10.6 Å². The molecule has 36 heavy (non-hydrogen) atoms. The number of anilines is 1. The van der Waals surface area contributed by atoms with Crippen molar-refractivity contribution in [1.29, 1.82) is 0 Å². The first kappa shape index (κ1) is 25.0. The van der Waals surface area contributed by atoms with Crippen LogP contribution in [0.25, 0.3) is 0 Å². The summed E-state index contributed by atoms with van der Waals surface area (Å²) in [5.41, 5.74) is -0.00199. The third-order valence-corrected chi connectivity index (χ3v) is 6.35. The van der Waals surface area contributed by atoms with Crippen LogP contribution in [-0.2, 0) is 15.1 Å². The second-order valence-corrected chi connectivity index (χ2v) is 8.76. The van der Waals surface area contributed by atoms with Crippen LogP contribution in [-0.4, -0.2) is 66.4 Å². The first-order valence-electron chi connectivity index (χ1n) is 12.0. The lowest BCUT2D eigenvalue weighted by atomic mass is 9.91. The molecule has 5 amide bonds. The van der Waals surface area contributed by atoms with E-state index < -0.39 is 29.9 Å². The highest BCUT2D eigenvalue weighted by molar-refractivity contribution is 6.10. The van der Waals surface area contributed by atoms with Crippen molar-refractivity contribution in [2.45, 2.75) is 32.7 Å². The first-order chi connectivity index (χ1) is 17.3. The average Bonchev–Trinajstić information content (AvgIpc) is 3.02. The van der Waals surface area contributed by atoms with Gasteiger partial charge in [-0.2, -0.15) is 0 Å². The van der Waals surface area contributed by atoms with Gasteiger partial charge >= 0.3 is 6.03 Å². The van der Waals surface area contributed by atoms with Gasteiger partial charge in [-0.3, -0.25) is 19.3 Å². The van der Waals surface area contributed by atoms with Gasteiger partial charge in [0.25, 0.3) is 11.8 Å². The Hall–Kier alpha value is -4.08. The molecule has 0 aliphatic carbocycles. The summed E-state index contributed by atoms with van der Waals surface area (Å²) in [6.07, 6.45) is 0.742. The van der Waals surface area contributed by atoms with E-state index in [0.29, 0.717) is 54.6 Å². The van der Waals surface area contributed by atoms with E-state index in [4.69, 9.17) is 9.47 Å². The number of urea groups is 1. The Bertz CT molecular complexity index is 1190. The molecule has 2 heterocycles. The summed E-state index contributed by atoms with van der Waals surface area (Å²) in [5.74, 6) is -0.175. The van der Waals surface area contributed by atoms with Crippen LogP contribution in [0.3, 0.4) is 0 Å². The lowest BCUT2D eigenvalue weighted by molar-refractivity contribution is -0.133. The maximum atomic E-state index is 13.3. The highest BCUT2D eigenvalue weighted by atomic mass is 16.5. The molecule has 1 unspecified atom stereocenters. The van der Waals surface area contributed by atoms with Crippen molar-refractivity contribution in [3.63, 3.8) is 0 Å². The van der Waals surface area contributed by atoms with Crippen LogP contribution in [0.4, 0.5) is 10.5 Å². The van der Waals surface area contributed by atoms with Crippen molar-refractivity contribution in [2.75, 3.05) is 38.2 Å². The Morgan fingerprint density at radius 2 is 1.78 bits per heavy atom. The minimum atomic E-state index is -1.36. The quantitative estimate of drug-likeness (QED) is 0.572. The van der Waals surface area contributed by atoms with E-state index >= 15 is 0 Å². The van der Waals surface area contributed by atoms with Gasteiger partial charge in [0.1, 0.15) is 12.1 Å². The SMILES string of the molecule is CCN(CC)C(=O)c1cccc(NC(=O)CN2C(=O)NC(C)(c3ccc4c(c3)OCCCO4)C2=O)c1. The van der Waals surface area contributed by atoms with E-state index in [-0.39, 0.29) is 5.91 Å². The predicted molar refractivity (Wildman–Crippen MR) is 132 cm³/mol. The van der Waals surface area contributed by atoms with Crippen LogP contribution in [0, 0.1) is 0 Å². The third-order valence-electron chi connectivity index (χ3n) is 6.35. The third kappa shape index (κ3) is 4.84. The average molecular weight is 495 g/mol. The first-order valence-corrected chi connectivity index (χ1v) is 12.0. The molecule has 0 bridgehead atoms. The van der Waals surface area contributed by atoms with E-state index in [1.165, 1.54) is 0 Å². The van der Waals surface area contributed by atoms with Crippen molar-refractivity contribution >= 4 is 29.4 Å². The summed E-state index contributed by atoms with van der Waals surface area (Å²) in [4.78, 5) is 53.9. The molecular weight excluding hydrogens is 464 g/mol. The van der Waals surface area contributed by atoms with Crippen molar-refractivity contribution in [2.24, 2.45) is 0 Å². The fraction of sp³-hybridized carbons (Fsp3) is 0.385. The fourth-order valence-electron chi connectivity index (χ4n) is 4.28. The molecule has 0 radical (unpaired) electrons. The monoisotopic (exact) mass is 494 g/mol. The Morgan fingerprint density at radius 3 is 2.50 bits per heavy atom. The molecule has 1 fully saturated rings. The minimum Gasteiger partial charge on any atom is -0.490 e. The van der Waals surface area contributed by atoms with Gasteiger partial charge in [0.15, 0.2) is 11.5 Å². The minimum absolute atomic E-state index is 0.143. The van der Waals surface area contributed by atoms with Crippen LogP contribution >= 0.6 is 0 Å². The normalized spacial score (nSPS) is 18.9. The molecule has 0 aromatic heterocycles. The largest absolute Gasteiger partial charge is 0.490 e. The Balaban J connectivity index is 1.46. The fourth-order valence-corrected chi connectivity index (χ4v) is 4.28. The number of fused-ring (bicyclic) bond motifs is 1. The second kappa shape index (κ2) is 10.3. The molecule has 2 aromatic rings. The Kier molecular flexibility index (Phi) is 7.14. The number of benzene rings is 2. The number of hydrogen-bond donors (Lipinski definition) is 2. The maximum absolute atomic E-state index is 13.3. The van der Waals surface area contributed by atoms with Crippen LogP contribution in [0.2, 0.25) is 0 Å². The summed E-state index contributed by atoms with van der Waals surface area (Å²) >= 11 is 0. The van der Waals surface area contributed by atoms with Gasteiger partial charge in [-0.25, -0.2) is 4.79 Å². The lowest BCUT2D eigenvalue weighted by Gasteiger charge is -2.23. The molecule has 2 aliphatic heterocycles. The molecule has 1 saturated heterocycles. The van der Waals surface area contributed by atoms with Gasteiger partial charge in [-0.05, 0) is 56.7 Å². The molecule has 190 valence electrons. The molecule has 4 rings (SSSR count). The molecule has 0 spiro atoms. The summed E-state index contributed by atoms with van der Waals surface area (Å²) in [6.45, 7) is 7.07. The number of amides is 5.